The third-order valence-corrected chi connectivity index (χ3v) is 2.48. The third-order valence-electron chi connectivity index (χ3n) is 1.27. The van der Waals surface area contributed by atoms with Crippen molar-refractivity contribution >= 4 is 29.1 Å². The van der Waals surface area contributed by atoms with E-state index >= 15 is 0 Å². The largest absolute Gasteiger partial charge is 0.398 e. The van der Waals surface area contributed by atoms with Crippen LogP contribution in [0.15, 0.2) is 23.1 Å². The lowest BCUT2D eigenvalue weighted by Gasteiger charge is -2.02. The fraction of sp³-hybridized carbons (Fsp3) is 0.250. The first-order valence-corrected chi connectivity index (χ1v) is 4.78. The Bertz CT molecular complexity index is 250. The van der Waals surface area contributed by atoms with Crippen LogP contribution in [-0.4, -0.2) is 5.75 Å². The molecule has 60 valence electrons. The van der Waals surface area contributed by atoms with Gasteiger partial charge in [-0.15, -0.1) is 11.8 Å². The van der Waals surface area contributed by atoms with Gasteiger partial charge < -0.3 is 5.73 Å². The number of hydrogen-bond donors (Lipinski definition) is 1. The number of benzene rings is 1. The van der Waals surface area contributed by atoms with Crippen LogP contribution in [0.4, 0.5) is 5.69 Å². The first-order valence-electron chi connectivity index (χ1n) is 3.42. The van der Waals surface area contributed by atoms with Crippen molar-refractivity contribution < 1.29 is 0 Å². The Morgan fingerprint density at radius 3 is 2.82 bits per heavy atom. The molecule has 0 radical (unpaired) electrons. The molecule has 0 aliphatic carbocycles. The summed E-state index contributed by atoms with van der Waals surface area (Å²) < 4.78 is 0. The molecule has 0 aromatic heterocycles. The summed E-state index contributed by atoms with van der Waals surface area (Å²) in [4.78, 5) is 1.11. The van der Waals surface area contributed by atoms with E-state index in [9.17, 15) is 0 Å². The van der Waals surface area contributed by atoms with Gasteiger partial charge in [0.15, 0.2) is 0 Å². The maximum absolute atomic E-state index is 5.73. The predicted molar refractivity (Wildman–Crippen MR) is 52.3 cm³/mol. The van der Waals surface area contributed by atoms with Gasteiger partial charge in [-0.3, -0.25) is 0 Å². The van der Waals surface area contributed by atoms with E-state index < -0.39 is 0 Å². The third kappa shape index (κ3) is 2.31. The Morgan fingerprint density at radius 1 is 1.55 bits per heavy atom. The normalized spacial score (nSPS) is 10.0. The fourth-order valence-electron chi connectivity index (χ4n) is 0.806. The van der Waals surface area contributed by atoms with Gasteiger partial charge in [-0.25, -0.2) is 0 Å². The maximum atomic E-state index is 5.73. The lowest BCUT2D eigenvalue weighted by molar-refractivity contribution is 1.43. The molecule has 0 saturated carbocycles. The Hall–Kier alpha value is -0.340. The molecule has 0 unspecified atom stereocenters. The van der Waals surface area contributed by atoms with Crippen LogP contribution < -0.4 is 5.73 Å². The summed E-state index contributed by atoms with van der Waals surface area (Å²) in [6.07, 6.45) is 0. The molecule has 1 rings (SSSR count). The standard InChI is InChI=1S/C8H10ClNS/c1-2-11-8-4-3-6(9)5-7(8)10/h3-5H,2,10H2,1H3. The van der Waals surface area contributed by atoms with Gasteiger partial charge in [0.25, 0.3) is 0 Å². The Morgan fingerprint density at radius 2 is 2.27 bits per heavy atom. The topological polar surface area (TPSA) is 26.0 Å². The Balaban J connectivity index is 2.90. The Kier molecular flexibility index (Phi) is 3.09. The number of anilines is 1. The zero-order valence-electron chi connectivity index (χ0n) is 6.30. The van der Waals surface area contributed by atoms with Gasteiger partial charge in [0.1, 0.15) is 0 Å². The molecule has 0 heterocycles. The van der Waals surface area contributed by atoms with Crippen molar-refractivity contribution in [3.05, 3.63) is 23.2 Å². The van der Waals surface area contributed by atoms with Crippen molar-refractivity contribution in [2.24, 2.45) is 0 Å². The van der Waals surface area contributed by atoms with E-state index in [2.05, 4.69) is 6.92 Å². The van der Waals surface area contributed by atoms with Crippen molar-refractivity contribution in [2.45, 2.75) is 11.8 Å². The van der Waals surface area contributed by atoms with Crippen molar-refractivity contribution in [2.75, 3.05) is 11.5 Å². The van der Waals surface area contributed by atoms with Crippen LogP contribution >= 0.6 is 23.4 Å². The molecular weight excluding hydrogens is 178 g/mol. The lowest BCUT2D eigenvalue weighted by Crippen LogP contribution is -1.87. The zero-order chi connectivity index (χ0) is 8.27. The van der Waals surface area contributed by atoms with E-state index in [0.29, 0.717) is 5.02 Å². The number of hydrogen-bond acceptors (Lipinski definition) is 2. The van der Waals surface area contributed by atoms with E-state index in [4.69, 9.17) is 17.3 Å². The number of rotatable bonds is 2. The van der Waals surface area contributed by atoms with Gasteiger partial charge in [0.2, 0.25) is 0 Å². The number of nitrogens with two attached hydrogens (primary N) is 1. The van der Waals surface area contributed by atoms with Gasteiger partial charge in [0, 0.05) is 15.6 Å². The van der Waals surface area contributed by atoms with Crippen LogP contribution in [0.2, 0.25) is 5.02 Å². The molecule has 0 spiro atoms. The van der Waals surface area contributed by atoms with Crippen LogP contribution in [0, 0.1) is 0 Å². The summed E-state index contributed by atoms with van der Waals surface area (Å²) in [6, 6.07) is 5.58. The molecular formula is C8H10ClNS. The second-order valence-electron chi connectivity index (χ2n) is 2.12. The molecule has 0 fully saturated rings. The summed E-state index contributed by atoms with van der Waals surface area (Å²) in [6.45, 7) is 2.10. The lowest BCUT2D eigenvalue weighted by atomic mass is 10.3. The molecule has 0 amide bonds. The molecule has 11 heavy (non-hydrogen) atoms. The fourth-order valence-corrected chi connectivity index (χ4v) is 1.69. The van der Waals surface area contributed by atoms with Gasteiger partial charge in [-0.05, 0) is 24.0 Å². The summed E-state index contributed by atoms with van der Waals surface area (Å²) >= 11 is 7.45. The van der Waals surface area contributed by atoms with E-state index in [1.807, 2.05) is 12.1 Å². The maximum Gasteiger partial charge on any atom is 0.0467 e. The van der Waals surface area contributed by atoms with Crippen LogP contribution in [-0.2, 0) is 0 Å². The minimum Gasteiger partial charge on any atom is -0.398 e. The summed E-state index contributed by atoms with van der Waals surface area (Å²) in [5.74, 6) is 1.03. The van der Waals surface area contributed by atoms with Crippen LogP contribution in [0.25, 0.3) is 0 Å². The van der Waals surface area contributed by atoms with Crippen LogP contribution in [0.5, 0.6) is 0 Å². The second kappa shape index (κ2) is 3.88. The molecule has 0 atom stereocenters. The Labute approximate surface area is 75.9 Å². The van der Waals surface area contributed by atoms with Crippen molar-refractivity contribution in [3.8, 4) is 0 Å². The van der Waals surface area contributed by atoms with Gasteiger partial charge in [-0.1, -0.05) is 18.5 Å². The van der Waals surface area contributed by atoms with Crippen molar-refractivity contribution in [1.29, 1.82) is 0 Å². The molecule has 1 aromatic carbocycles. The van der Waals surface area contributed by atoms with E-state index in [-0.39, 0.29) is 0 Å². The SMILES string of the molecule is CCSc1ccc(Cl)cc1N. The molecule has 1 nitrogen and oxygen atoms in total. The molecule has 2 N–H and O–H groups in total. The average molecular weight is 188 g/mol. The highest BCUT2D eigenvalue weighted by Crippen LogP contribution is 2.26. The molecule has 0 bridgehead atoms. The molecule has 0 saturated heterocycles. The van der Waals surface area contributed by atoms with E-state index in [1.54, 1.807) is 17.8 Å². The van der Waals surface area contributed by atoms with E-state index in [0.717, 1.165) is 16.3 Å². The predicted octanol–water partition coefficient (Wildman–Crippen LogP) is 3.03. The zero-order valence-corrected chi connectivity index (χ0v) is 7.88. The highest BCUT2D eigenvalue weighted by molar-refractivity contribution is 7.99. The number of nitrogen functional groups attached to an aromatic ring is 1. The minimum absolute atomic E-state index is 0.697. The molecule has 0 aliphatic rings. The highest BCUT2D eigenvalue weighted by Gasteiger charge is 1.97. The number of thioether (sulfide) groups is 1. The second-order valence-corrected chi connectivity index (χ2v) is 3.86. The molecule has 1 aromatic rings. The first-order chi connectivity index (χ1) is 5.24. The van der Waals surface area contributed by atoms with Crippen LogP contribution in [0.1, 0.15) is 6.92 Å². The van der Waals surface area contributed by atoms with Gasteiger partial charge in [-0.2, -0.15) is 0 Å². The summed E-state index contributed by atoms with van der Waals surface area (Å²) in [5.41, 5.74) is 6.47. The van der Waals surface area contributed by atoms with Gasteiger partial charge in [0.05, 0.1) is 0 Å². The minimum atomic E-state index is 0.697. The first kappa shape index (κ1) is 8.75. The quantitative estimate of drug-likeness (QED) is 0.569. The monoisotopic (exact) mass is 187 g/mol. The van der Waals surface area contributed by atoms with Crippen molar-refractivity contribution in [3.63, 3.8) is 0 Å². The van der Waals surface area contributed by atoms with Crippen LogP contribution in [0.3, 0.4) is 0 Å². The average Bonchev–Trinajstić information content (AvgIpc) is 1.95. The molecule has 3 heteroatoms. The number of halogens is 1. The van der Waals surface area contributed by atoms with E-state index in [1.165, 1.54) is 0 Å². The van der Waals surface area contributed by atoms with Crippen molar-refractivity contribution in [1.82, 2.24) is 0 Å². The highest BCUT2D eigenvalue weighted by atomic mass is 35.5. The molecule has 0 aliphatic heterocycles. The van der Waals surface area contributed by atoms with Gasteiger partial charge >= 0.3 is 0 Å². The summed E-state index contributed by atoms with van der Waals surface area (Å²) in [7, 11) is 0. The smallest absolute Gasteiger partial charge is 0.0467 e. The summed E-state index contributed by atoms with van der Waals surface area (Å²) in [5, 5.41) is 0.697.